The van der Waals surface area contributed by atoms with Crippen molar-refractivity contribution in [2.24, 2.45) is 0 Å². The van der Waals surface area contributed by atoms with E-state index in [0.717, 1.165) is 31.5 Å². The Bertz CT molecular complexity index is 958. The highest BCUT2D eigenvalue weighted by Gasteiger charge is 2.15. The number of hydrogen-bond acceptors (Lipinski definition) is 4. The molecule has 3 aromatic rings. The van der Waals surface area contributed by atoms with Gasteiger partial charge < -0.3 is 9.73 Å². The lowest BCUT2D eigenvalue weighted by Gasteiger charge is -2.11. The van der Waals surface area contributed by atoms with Crippen LogP contribution in [0.25, 0.3) is 10.9 Å². The number of hydrogen-bond donors (Lipinski definition) is 1. The first-order chi connectivity index (χ1) is 11.7. The number of rotatable bonds is 2. The van der Waals surface area contributed by atoms with Gasteiger partial charge in [0.1, 0.15) is 5.82 Å². The van der Waals surface area contributed by atoms with Crippen LogP contribution in [0, 0.1) is 0 Å². The fourth-order valence-corrected chi connectivity index (χ4v) is 3.10. The lowest BCUT2D eigenvalue weighted by atomic mass is 10.2. The van der Waals surface area contributed by atoms with Crippen molar-refractivity contribution in [2.75, 3.05) is 5.32 Å². The number of amides is 1. The van der Waals surface area contributed by atoms with Crippen molar-refractivity contribution in [3.8, 4) is 0 Å². The third kappa shape index (κ3) is 2.60. The summed E-state index contributed by atoms with van der Waals surface area (Å²) in [4.78, 5) is 29.5. The molecular formula is C18H17N3O3. The summed E-state index contributed by atoms with van der Waals surface area (Å²) in [5.74, 6) is 0.742. The van der Waals surface area contributed by atoms with E-state index < -0.39 is 0 Å². The van der Waals surface area contributed by atoms with Crippen LogP contribution in [0.15, 0.2) is 45.8 Å². The van der Waals surface area contributed by atoms with Crippen LogP contribution < -0.4 is 10.9 Å². The Morgan fingerprint density at radius 3 is 2.96 bits per heavy atom. The zero-order valence-electron chi connectivity index (χ0n) is 13.1. The van der Waals surface area contributed by atoms with E-state index in [0.29, 0.717) is 23.1 Å². The van der Waals surface area contributed by atoms with Crippen LogP contribution in [0.3, 0.4) is 0 Å². The van der Waals surface area contributed by atoms with E-state index in [2.05, 4.69) is 10.3 Å². The average Bonchev–Trinajstić information content (AvgIpc) is 3.02. The van der Waals surface area contributed by atoms with Gasteiger partial charge in [0, 0.05) is 18.7 Å². The highest BCUT2D eigenvalue weighted by molar-refractivity contribution is 6.03. The SMILES string of the molecule is O=C(Nc1ccc2nc3n(c(=O)c2c1)CCCCC3)c1ccco1. The molecule has 4 rings (SSSR count). The number of nitrogens with one attached hydrogen (secondary N) is 1. The molecule has 0 atom stereocenters. The van der Waals surface area contributed by atoms with Crippen molar-refractivity contribution in [3.05, 3.63) is 58.5 Å². The summed E-state index contributed by atoms with van der Waals surface area (Å²) in [6, 6.07) is 8.46. The second-order valence-corrected chi connectivity index (χ2v) is 5.96. The van der Waals surface area contributed by atoms with Gasteiger partial charge in [-0.3, -0.25) is 14.2 Å². The summed E-state index contributed by atoms with van der Waals surface area (Å²) in [7, 11) is 0. The molecule has 0 fully saturated rings. The van der Waals surface area contributed by atoms with Crippen molar-refractivity contribution in [2.45, 2.75) is 32.2 Å². The summed E-state index contributed by atoms with van der Waals surface area (Å²) < 4.78 is 6.85. The van der Waals surface area contributed by atoms with Gasteiger partial charge in [0.15, 0.2) is 5.76 Å². The number of aromatic nitrogens is 2. The first kappa shape index (κ1) is 14.7. The maximum atomic E-state index is 12.8. The number of fused-ring (bicyclic) bond motifs is 2. The van der Waals surface area contributed by atoms with Crippen LogP contribution in [0.2, 0.25) is 0 Å². The Labute approximate surface area is 138 Å². The number of aryl methyl sites for hydroxylation is 1. The zero-order valence-corrected chi connectivity index (χ0v) is 13.1. The Kier molecular flexibility index (Phi) is 3.65. The molecule has 3 heterocycles. The second kappa shape index (κ2) is 5.96. The molecule has 0 unspecified atom stereocenters. The fourth-order valence-electron chi connectivity index (χ4n) is 3.10. The van der Waals surface area contributed by atoms with Gasteiger partial charge >= 0.3 is 0 Å². The van der Waals surface area contributed by atoms with Gasteiger partial charge in [0.2, 0.25) is 0 Å². The molecule has 0 aliphatic carbocycles. The van der Waals surface area contributed by atoms with E-state index in [1.165, 1.54) is 6.26 Å². The van der Waals surface area contributed by atoms with Crippen LogP contribution in [-0.4, -0.2) is 15.5 Å². The standard InChI is InChI=1S/C18H17N3O3/c22-17(15-5-4-10-24-15)19-12-7-8-14-13(11-12)18(23)21-9-3-1-2-6-16(21)20-14/h4-5,7-8,10-11H,1-3,6,9H2,(H,19,22). The zero-order chi connectivity index (χ0) is 16.5. The van der Waals surface area contributed by atoms with Crippen LogP contribution in [-0.2, 0) is 13.0 Å². The van der Waals surface area contributed by atoms with Crippen LogP contribution in [0.4, 0.5) is 5.69 Å². The molecular weight excluding hydrogens is 306 g/mol. The predicted molar refractivity (Wildman–Crippen MR) is 90.2 cm³/mol. The predicted octanol–water partition coefficient (Wildman–Crippen LogP) is 2.97. The van der Waals surface area contributed by atoms with Crippen molar-refractivity contribution in [1.29, 1.82) is 0 Å². The van der Waals surface area contributed by atoms with Crippen molar-refractivity contribution < 1.29 is 9.21 Å². The molecule has 24 heavy (non-hydrogen) atoms. The molecule has 1 N–H and O–H groups in total. The highest BCUT2D eigenvalue weighted by Crippen LogP contribution is 2.19. The molecule has 0 bridgehead atoms. The highest BCUT2D eigenvalue weighted by atomic mass is 16.3. The first-order valence-electron chi connectivity index (χ1n) is 8.11. The molecule has 1 aliphatic heterocycles. The number of benzene rings is 1. The van der Waals surface area contributed by atoms with E-state index >= 15 is 0 Å². The van der Waals surface area contributed by atoms with Gasteiger partial charge in [-0.25, -0.2) is 4.98 Å². The second-order valence-electron chi connectivity index (χ2n) is 5.96. The van der Waals surface area contributed by atoms with E-state index in [4.69, 9.17) is 4.42 Å². The van der Waals surface area contributed by atoms with Crippen LogP contribution in [0.5, 0.6) is 0 Å². The minimum Gasteiger partial charge on any atom is -0.459 e. The normalized spacial score (nSPS) is 14.2. The van der Waals surface area contributed by atoms with Crippen molar-refractivity contribution in [1.82, 2.24) is 9.55 Å². The van der Waals surface area contributed by atoms with Gasteiger partial charge in [0.05, 0.1) is 17.2 Å². The summed E-state index contributed by atoms with van der Waals surface area (Å²) in [5.41, 5.74) is 1.19. The molecule has 2 aromatic heterocycles. The first-order valence-corrected chi connectivity index (χ1v) is 8.11. The molecule has 0 saturated heterocycles. The Hall–Kier alpha value is -2.89. The van der Waals surface area contributed by atoms with Crippen molar-refractivity contribution >= 4 is 22.5 Å². The molecule has 0 saturated carbocycles. The molecule has 6 heteroatoms. The third-order valence-corrected chi connectivity index (χ3v) is 4.32. The molecule has 6 nitrogen and oxygen atoms in total. The van der Waals surface area contributed by atoms with Crippen LogP contribution in [0.1, 0.15) is 35.6 Å². The summed E-state index contributed by atoms with van der Waals surface area (Å²) >= 11 is 0. The van der Waals surface area contributed by atoms with Gasteiger partial charge in [-0.2, -0.15) is 0 Å². The molecule has 0 spiro atoms. The lowest BCUT2D eigenvalue weighted by molar-refractivity contribution is 0.0996. The lowest BCUT2D eigenvalue weighted by Crippen LogP contribution is -2.24. The largest absolute Gasteiger partial charge is 0.459 e. The maximum absolute atomic E-state index is 12.8. The van der Waals surface area contributed by atoms with E-state index in [9.17, 15) is 9.59 Å². The molecule has 1 aliphatic rings. The minimum absolute atomic E-state index is 0.0361. The molecule has 122 valence electrons. The quantitative estimate of drug-likeness (QED) is 0.786. The molecule has 1 aromatic carbocycles. The smallest absolute Gasteiger partial charge is 0.291 e. The van der Waals surface area contributed by atoms with E-state index in [1.54, 1.807) is 34.9 Å². The minimum atomic E-state index is -0.345. The van der Waals surface area contributed by atoms with Gasteiger partial charge in [0.25, 0.3) is 11.5 Å². The molecule has 0 radical (unpaired) electrons. The summed E-state index contributed by atoms with van der Waals surface area (Å²) in [5, 5.41) is 3.27. The third-order valence-electron chi connectivity index (χ3n) is 4.32. The molecule has 1 amide bonds. The number of furan rings is 1. The number of carbonyl (C=O) groups is 1. The Morgan fingerprint density at radius 1 is 1.21 bits per heavy atom. The fraction of sp³-hybridized carbons (Fsp3) is 0.278. The number of carbonyl (C=O) groups excluding carboxylic acids is 1. The van der Waals surface area contributed by atoms with Crippen LogP contribution >= 0.6 is 0 Å². The van der Waals surface area contributed by atoms with Gasteiger partial charge in [-0.15, -0.1) is 0 Å². The number of anilines is 1. The average molecular weight is 323 g/mol. The Morgan fingerprint density at radius 2 is 2.12 bits per heavy atom. The summed E-state index contributed by atoms with van der Waals surface area (Å²) in [6.45, 7) is 0.708. The Balaban J connectivity index is 1.74. The van der Waals surface area contributed by atoms with Gasteiger partial charge in [-0.1, -0.05) is 6.42 Å². The van der Waals surface area contributed by atoms with E-state index in [-0.39, 0.29) is 17.2 Å². The van der Waals surface area contributed by atoms with Gasteiger partial charge in [-0.05, 0) is 43.2 Å². The van der Waals surface area contributed by atoms with Crippen molar-refractivity contribution in [3.63, 3.8) is 0 Å². The van der Waals surface area contributed by atoms with E-state index in [1.807, 2.05) is 0 Å². The maximum Gasteiger partial charge on any atom is 0.291 e. The summed E-state index contributed by atoms with van der Waals surface area (Å²) in [6.07, 6.45) is 5.46. The topological polar surface area (TPSA) is 77.1 Å². The number of nitrogens with zero attached hydrogens (tertiary/aromatic N) is 2. The monoisotopic (exact) mass is 323 g/mol.